The molecule has 20 heavy (non-hydrogen) atoms. The molecule has 2 rings (SSSR count). The fourth-order valence-corrected chi connectivity index (χ4v) is 2.74. The maximum Gasteiger partial charge on any atom is 0.225 e. The maximum atomic E-state index is 12.1. The van der Waals surface area contributed by atoms with Crippen molar-refractivity contribution in [3.63, 3.8) is 0 Å². The van der Waals surface area contributed by atoms with Crippen LogP contribution in [0.5, 0.6) is 0 Å². The van der Waals surface area contributed by atoms with Gasteiger partial charge in [-0.25, -0.2) is 0 Å². The first-order valence-corrected chi connectivity index (χ1v) is 8.05. The van der Waals surface area contributed by atoms with E-state index in [1.807, 2.05) is 37.4 Å². The number of carbonyl (C=O) groups excluding carboxylic acids is 2. The van der Waals surface area contributed by atoms with E-state index in [9.17, 15) is 9.59 Å². The van der Waals surface area contributed by atoms with Crippen LogP contribution >= 0.6 is 11.8 Å². The highest BCUT2D eigenvalue weighted by molar-refractivity contribution is 7.98. The van der Waals surface area contributed by atoms with E-state index >= 15 is 0 Å². The number of rotatable bonds is 5. The minimum atomic E-state index is -0.201. The molecule has 5 heteroatoms. The Morgan fingerprint density at radius 2 is 2.10 bits per heavy atom. The van der Waals surface area contributed by atoms with E-state index in [0.29, 0.717) is 26.1 Å². The molecule has 0 radical (unpaired) electrons. The lowest BCUT2D eigenvalue weighted by atomic mass is 10.1. The number of hydrogen-bond acceptors (Lipinski definition) is 3. The predicted octanol–water partition coefficient (Wildman–Crippen LogP) is 1.89. The number of benzene rings is 1. The van der Waals surface area contributed by atoms with Gasteiger partial charge in [-0.05, 0) is 30.9 Å². The van der Waals surface area contributed by atoms with E-state index in [-0.39, 0.29) is 17.7 Å². The summed E-state index contributed by atoms with van der Waals surface area (Å²) < 4.78 is 0. The van der Waals surface area contributed by atoms with Gasteiger partial charge in [-0.2, -0.15) is 0 Å². The highest BCUT2D eigenvalue weighted by atomic mass is 32.2. The zero-order valence-electron chi connectivity index (χ0n) is 11.9. The minimum absolute atomic E-state index is 0.0248. The zero-order chi connectivity index (χ0) is 14.5. The second kappa shape index (κ2) is 6.79. The molecular formula is C15H20N2O2S. The fourth-order valence-electron chi connectivity index (χ4n) is 2.33. The van der Waals surface area contributed by atoms with Gasteiger partial charge in [0.25, 0.3) is 0 Å². The molecule has 1 atom stereocenters. The summed E-state index contributed by atoms with van der Waals surface area (Å²) in [5, 5.41) is 2.92. The molecule has 1 aromatic carbocycles. The minimum Gasteiger partial charge on any atom is -0.352 e. The van der Waals surface area contributed by atoms with E-state index in [4.69, 9.17) is 0 Å². The van der Waals surface area contributed by atoms with Crippen molar-refractivity contribution in [2.24, 2.45) is 5.92 Å². The van der Waals surface area contributed by atoms with Crippen LogP contribution in [0.15, 0.2) is 29.2 Å². The number of amides is 2. The molecule has 0 saturated carbocycles. The monoisotopic (exact) mass is 292 g/mol. The highest BCUT2D eigenvalue weighted by Gasteiger charge is 2.33. The topological polar surface area (TPSA) is 49.4 Å². The van der Waals surface area contributed by atoms with Crippen LogP contribution in [-0.4, -0.2) is 36.1 Å². The highest BCUT2D eigenvalue weighted by Crippen LogP contribution is 2.18. The molecule has 108 valence electrons. The summed E-state index contributed by atoms with van der Waals surface area (Å²) in [6, 6.07) is 8.13. The molecule has 0 unspecified atom stereocenters. The number of thioether (sulfide) groups is 1. The third-order valence-electron chi connectivity index (χ3n) is 3.59. The quantitative estimate of drug-likeness (QED) is 0.843. The van der Waals surface area contributed by atoms with Gasteiger partial charge >= 0.3 is 0 Å². The Morgan fingerprint density at radius 3 is 2.65 bits per heavy atom. The summed E-state index contributed by atoms with van der Waals surface area (Å²) in [6.45, 7) is 3.68. The standard InChI is InChI=1S/C15H20N2O2S/c1-3-17-10-12(8-14(17)18)15(19)16-9-11-4-6-13(20-2)7-5-11/h4-7,12H,3,8-10H2,1-2H3,(H,16,19)/t12-/m0/s1. The van der Waals surface area contributed by atoms with Crippen LogP contribution in [0, 0.1) is 5.92 Å². The first-order chi connectivity index (χ1) is 9.63. The lowest BCUT2D eigenvalue weighted by molar-refractivity contribution is -0.128. The van der Waals surface area contributed by atoms with E-state index in [1.54, 1.807) is 16.7 Å². The summed E-state index contributed by atoms with van der Waals surface area (Å²) in [7, 11) is 0. The molecule has 0 spiro atoms. The summed E-state index contributed by atoms with van der Waals surface area (Å²) in [4.78, 5) is 26.6. The van der Waals surface area contributed by atoms with Crippen molar-refractivity contribution in [3.05, 3.63) is 29.8 Å². The van der Waals surface area contributed by atoms with Crippen LogP contribution in [0.2, 0.25) is 0 Å². The third-order valence-corrected chi connectivity index (χ3v) is 4.34. The smallest absolute Gasteiger partial charge is 0.225 e. The number of hydrogen-bond donors (Lipinski definition) is 1. The van der Waals surface area contributed by atoms with Crippen molar-refractivity contribution < 1.29 is 9.59 Å². The van der Waals surface area contributed by atoms with E-state index in [2.05, 4.69) is 5.32 Å². The number of nitrogens with zero attached hydrogens (tertiary/aromatic N) is 1. The summed E-state index contributed by atoms with van der Waals surface area (Å²) in [6.07, 6.45) is 2.37. The number of likely N-dealkylation sites (tertiary alicyclic amines) is 1. The van der Waals surface area contributed by atoms with Crippen LogP contribution in [0.4, 0.5) is 0 Å². The first kappa shape index (κ1) is 14.9. The average Bonchev–Trinajstić information content (AvgIpc) is 2.86. The van der Waals surface area contributed by atoms with Crippen molar-refractivity contribution in [1.82, 2.24) is 10.2 Å². The van der Waals surface area contributed by atoms with Crippen molar-refractivity contribution in [2.45, 2.75) is 24.8 Å². The van der Waals surface area contributed by atoms with Gasteiger partial charge in [0.15, 0.2) is 0 Å². The van der Waals surface area contributed by atoms with E-state index in [1.165, 1.54) is 4.90 Å². The first-order valence-electron chi connectivity index (χ1n) is 6.82. The van der Waals surface area contributed by atoms with Gasteiger partial charge in [-0.15, -0.1) is 11.8 Å². The van der Waals surface area contributed by atoms with Crippen LogP contribution in [-0.2, 0) is 16.1 Å². The largest absolute Gasteiger partial charge is 0.352 e. The molecule has 1 aliphatic rings. The SMILES string of the molecule is CCN1C[C@@H](C(=O)NCc2ccc(SC)cc2)CC1=O. The molecule has 0 aromatic heterocycles. The fraction of sp³-hybridized carbons (Fsp3) is 0.467. The Balaban J connectivity index is 1.84. The van der Waals surface area contributed by atoms with Crippen LogP contribution < -0.4 is 5.32 Å². The van der Waals surface area contributed by atoms with Gasteiger partial charge in [-0.1, -0.05) is 12.1 Å². The zero-order valence-corrected chi connectivity index (χ0v) is 12.7. The van der Waals surface area contributed by atoms with E-state index in [0.717, 1.165) is 5.56 Å². The Kier molecular flexibility index (Phi) is 5.06. The third kappa shape index (κ3) is 3.54. The average molecular weight is 292 g/mol. The van der Waals surface area contributed by atoms with Crippen molar-refractivity contribution >= 4 is 23.6 Å². The molecular weight excluding hydrogens is 272 g/mol. The Labute approximate surface area is 123 Å². The molecule has 2 amide bonds. The van der Waals surface area contributed by atoms with Gasteiger partial charge < -0.3 is 10.2 Å². The predicted molar refractivity (Wildman–Crippen MR) is 80.4 cm³/mol. The summed E-state index contributed by atoms with van der Waals surface area (Å²) >= 11 is 1.69. The molecule has 1 N–H and O–H groups in total. The Bertz CT molecular complexity index is 487. The van der Waals surface area contributed by atoms with Gasteiger partial charge in [0.1, 0.15) is 0 Å². The van der Waals surface area contributed by atoms with Crippen molar-refractivity contribution in [2.75, 3.05) is 19.3 Å². The maximum absolute atomic E-state index is 12.1. The van der Waals surface area contributed by atoms with Crippen LogP contribution in [0.1, 0.15) is 18.9 Å². The molecule has 1 aliphatic heterocycles. The lowest BCUT2D eigenvalue weighted by Crippen LogP contribution is -2.32. The molecule has 1 saturated heterocycles. The van der Waals surface area contributed by atoms with Gasteiger partial charge in [-0.3, -0.25) is 9.59 Å². The normalized spacial score (nSPS) is 18.4. The molecule has 0 aliphatic carbocycles. The van der Waals surface area contributed by atoms with Gasteiger partial charge in [0.05, 0.1) is 5.92 Å². The molecule has 1 fully saturated rings. The van der Waals surface area contributed by atoms with Gasteiger partial charge in [0.2, 0.25) is 11.8 Å². The number of nitrogens with one attached hydrogen (secondary N) is 1. The molecule has 4 nitrogen and oxygen atoms in total. The van der Waals surface area contributed by atoms with Crippen molar-refractivity contribution in [1.29, 1.82) is 0 Å². The second-order valence-corrected chi connectivity index (χ2v) is 5.78. The Morgan fingerprint density at radius 1 is 1.40 bits per heavy atom. The second-order valence-electron chi connectivity index (χ2n) is 4.90. The Hall–Kier alpha value is -1.49. The van der Waals surface area contributed by atoms with Crippen LogP contribution in [0.3, 0.4) is 0 Å². The van der Waals surface area contributed by atoms with Crippen molar-refractivity contribution in [3.8, 4) is 0 Å². The molecule has 0 bridgehead atoms. The number of carbonyl (C=O) groups is 2. The molecule has 1 aromatic rings. The summed E-state index contributed by atoms with van der Waals surface area (Å²) in [5.41, 5.74) is 1.08. The molecule has 1 heterocycles. The van der Waals surface area contributed by atoms with Crippen LogP contribution in [0.25, 0.3) is 0 Å². The van der Waals surface area contributed by atoms with E-state index < -0.39 is 0 Å². The lowest BCUT2D eigenvalue weighted by Gasteiger charge is -2.13. The van der Waals surface area contributed by atoms with Gasteiger partial charge in [0, 0.05) is 31.0 Å². The summed E-state index contributed by atoms with van der Waals surface area (Å²) in [5.74, 6) is -0.145.